The summed E-state index contributed by atoms with van der Waals surface area (Å²) in [5.74, 6) is -4.44. The van der Waals surface area contributed by atoms with Crippen LogP contribution in [0, 0.1) is 27.6 Å². The van der Waals surface area contributed by atoms with E-state index in [1.54, 1.807) is 0 Å². The fourth-order valence-electron chi connectivity index (χ4n) is 2.61. The van der Waals surface area contributed by atoms with Crippen molar-refractivity contribution in [3.63, 3.8) is 0 Å². The summed E-state index contributed by atoms with van der Waals surface area (Å²) in [4.78, 5) is 37.4. The van der Waals surface area contributed by atoms with E-state index in [2.05, 4.69) is 10.3 Å². The summed E-state index contributed by atoms with van der Waals surface area (Å²) < 4.78 is 51.2. The Labute approximate surface area is 178 Å². The number of amides is 1. The molecule has 166 valence electrons. The summed E-state index contributed by atoms with van der Waals surface area (Å²) in [5, 5.41) is 12.8. The minimum Gasteiger partial charge on any atom is -0.456 e. The number of oxazole rings is 1. The second-order valence-electron chi connectivity index (χ2n) is 6.35. The Morgan fingerprint density at radius 2 is 1.84 bits per heavy atom. The summed E-state index contributed by atoms with van der Waals surface area (Å²) in [6.45, 7) is -0.766. The molecular weight excluding hydrogens is 435 g/mol. The Balaban J connectivity index is 1.50. The molecule has 1 heterocycles. The lowest BCUT2D eigenvalue weighted by Gasteiger charge is -2.07. The Morgan fingerprint density at radius 3 is 2.53 bits per heavy atom. The molecule has 12 heteroatoms. The first-order chi connectivity index (χ1) is 15.2. The standard InChI is InChI=1S/C20H14F3N3O6/c21-12-5-4-11(26(29)30)8-15(12)25-17(27)10-31-19(28)7-6-18-24-9-16(32-18)20-13(22)2-1-3-14(20)23/h1-5,8-9H,6-7,10H2,(H,25,27). The highest BCUT2D eigenvalue weighted by Crippen LogP contribution is 2.27. The van der Waals surface area contributed by atoms with Crippen LogP contribution in [0.25, 0.3) is 11.3 Å². The lowest BCUT2D eigenvalue weighted by Crippen LogP contribution is -2.21. The molecule has 0 aliphatic carbocycles. The molecule has 1 amide bonds. The number of rotatable bonds is 8. The van der Waals surface area contributed by atoms with Crippen LogP contribution in [0.5, 0.6) is 0 Å². The Morgan fingerprint density at radius 1 is 1.12 bits per heavy atom. The third kappa shape index (κ3) is 5.47. The molecule has 0 spiro atoms. The second-order valence-corrected chi connectivity index (χ2v) is 6.35. The molecule has 2 aromatic carbocycles. The first-order valence-corrected chi connectivity index (χ1v) is 9.03. The number of halogens is 3. The van der Waals surface area contributed by atoms with Crippen molar-refractivity contribution in [2.24, 2.45) is 0 Å². The summed E-state index contributed by atoms with van der Waals surface area (Å²) in [7, 11) is 0. The molecule has 1 aromatic heterocycles. The van der Waals surface area contributed by atoms with Gasteiger partial charge in [0.25, 0.3) is 11.6 Å². The lowest BCUT2D eigenvalue weighted by atomic mass is 10.1. The van der Waals surface area contributed by atoms with Gasteiger partial charge in [-0.1, -0.05) is 6.07 Å². The molecule has 3 aromatic rings. The van der Waals surface area contributed by atoms with Crippen LogP contribution in [0.4, 0.5) is 24.5 Å². The van der Waals surface area contributed by atoms with Crippen molar-refractivity contribution in [1.82, 2.24) is 4.98 Å². The monoisotopic (exact) mass is 449 g/mol. The zero-order valence-corrected chi connectivity index (χ0v) is 16.1. The molecule has 1 N–H and O–H groups in total. The van der Waals surface area contributed by atoms with Gasteiger partial charge >= 0.3 is 5.97 Å². The van der Waals surface area contributed by atoms with Gasteiger partial charge < -0.3 is 14.5 Å². The summed E-state index contributed by atoms with van der Waals surface area (Å²) in [6.07, 6.45) is 0.775. The van der Waals surface area contributed by atoms with E-state index in [4.69, 9.17) is 9.15 Å². The first kappa shape index (κ1) is 22.5. The summed E-state index contributed by atoms with van der Waals surface area (Å²) in [6, 6.07) is 5.89. The minimum atomic E-state index is -0.911. The average Bonchev–Trinajstić information content (AvgIpc) is 3.20. The second kappa shape index (κ2) is 9.73. The number of benzene rings is 2. The number of nitrogens with one attached hydrogen (secondary N) is 1. The van der Waals surface area contributed by atoms with E-state index in [0.29, 0.717) is 0 Å². The summed E-state index contributed by atoms with van der Waals surface area (Å²) >= 11 is 0. The zero-order valence-electron chi connectivity index (χ0n) is 16.1. The van der Waals surface area contributed by atoms with Crippen LogP contribution in [0.15, 0.2) is 47.0 Å². The molecule has 0 aliphatic rings. The van der Waals surface area contributed by atoms with Gasteiger partial charge in [-0.15, -0.1) is 0 Å². The van der Waals surface area contributed by atoms with Crippen molar-refractivity contribution < 1.29 is 36.8 Å². The van der Waals surface area contributed by atoms with E-state index >= 15 is 0 Å². The van der Waals surface area contributed by atoms with E-state index in [1.807, 2.05) is 0 Å². The molecule has 0 saturated carbocycles. The van der Waals surface area contributed by atoms with Crippen molar-refractivity contribution in [2.45, 2.75) is 12.8 Å². The number of hydrogen-bond donors (Lipinski definition) is 1. The van der Waals surface area contributed by atoms with Gasteiger partial charge in [0.2, 0.25) is 0 Å². The maximum atomic E-state index is 13.8. The van der Waals surface area contributed by atoms with Crippen LogP contribution >= 0.6 is 0 Å². The molecule has 32 heavy (non-hydrogen) atoms. The number of non-ortho nitro benzene ring substituents is 1. The zero-order chi connectivity index (χ0) is 23.3. The molecular formula is C20H14F3N3O6. The van der Waals surface area contributed by atoms with Gasteiger partial charge in [0.1, 0.15) is 17.5 Å². The predicted molar refractivity (Wildman–Crippen MR) is 103 cm³/mol. The number of anilines is 1. The number of nitrogens with zero attached hydrogens (tertiary/aromatic N) is 2. The van der Waals surface area contributed by atoms with Crippen LogP contribution < -0.4 is 5.32 Å². The third-order valence-corrected chi connectivity index (χ3v) is 4.10. The Kier molecular flexibility index (Phi) is 6.83. The van der Waals surface area contributed by atoms with Gasteiger partial charge in [0.15, 0.2) is 18.3 Å². The number of nitro groups is 1. The molecule has 0 fully saturated rings. The van der Waals surface area contributed by atoms with E-state index in [-0.39, 0.29) is 30.1 Å². The molecule has 0 saturated heterocycles. The van der Waals surface area contributed by atoms with Gasteiger partial charge in [-0.2, -0.15) is 0 Å². The number of aromatic nitrogens is 1. The van der Waals surface area contributed by atoms with Crippen molar-refractivity contribution in [3.8, 4) is 11.3 Å². The maximum absolute atomic E-state index is 13.8. The number of nitro benzene ring substituents is 1. The maximum Gasteiger partial charge on any atom is 0.306 e. The van der Waals surface area contributed by atoms with Crippen LogP contribution in [0.3, 0.4) is 0 Å². The van der Waals surface area contributed by atoms with Crippen molar-refractivity contribution >= 4 is 23.3 Å². The highest BCUT2D eigenvalue weighted by atomic mass is 19.1. The largest absolute Gasteiger partial charge is 0.456 e. The molecule has 0 bridgehead atoms. The Hall–Kier alpha value is -4.22. The number of carbonyl (C=O) groups is 2. The highest BCUT2D eigenvalue weighted by Gasteiger charge is 2.17. The topological polar surface area (TPSA) is 125 Å². The lowest BCUT2D eigenvalue weighted by molar-refractivity contribution is -0.384. The number of carbonyl (C=O) groups excluding carboxylic acids is 2. The van der Waals surface area contributed by atoms with E-state index in [9.17, 15) is 32.9 Å². The van der Waals surface area contributed by atoms with Gasteiger partial charge in [-0.25, -0.2) is 18.2 Å². The normalized spacial score (nSPS) is 10.6. The van der Waals surface area contributed by atoms with E-state index < -0.39 is 52.2 Å². The molecule has 0 aliphatic heterocycles. The predicted octanol–water partition coefficient (Wildman–Crippen LogP) is 3.78. The van der Waals surface area contributed by atoms with E-state index in [0.717, 1.165) is 36.5 Å². The third-order valence-electron chi connectivity index (χ3n) is 4.10. The number of esters is 1. The van der Waals surface area contributed by atoms with Crippen LogP contribution in [-0.2, 0) is 20.7 Å². The smallest absolute Gasteiger partial charge is 0.306 e. The van der Waals surface area contributed by atoms with Crippen molar-refractivity contribution in [2.75, 3.05) is 11.9 Å². The van der Waals surface area contributed by atoms with Crippen molar-refractivity contribution in [1.29, 1.82) is 0 Å². The minimum absolute atomic E-state index is 0.0164. The molecule has 9 nitrogen and oxygen atoms in total. The highest BCUT2D eigenvalue weighted by molar-refractivity contribution is 5.93. The van der Waals surface area contributed by atoms with Gasteiger partial charge in [-0.3, -0.25) is 19.7 Å². The quantitative estimate of drug-likeness (QED) is 0.315. The molecule has 0 radical (unpaired) electrons. The number of ether oxygens (including phenoxy) is 1. The molecule has 0 unspecified atom stereocenters. The fourth-order valence-corrected chi connectivity index (χ4v) is 2.61. The number of hydrogen-bond acceptors (Lipinski definition) is 7. The molecule has 3 rings (SSSR count). The van der Waals surface area contributed by atoms with Crippen LogP contribution in [0.2, 0.25) is 0 Å². The fraction of sp³-hybridized carbons (Fsp3) is 0.150. The average molecular weight is 449 g/mol. The van der Waals surface area contributed by atoms with Gasteiger partial charge in [0.05, 0.1) is 28.8 Å². The van der Waals surface area contributed by atoms with Gasteiger partial charge in [0, 0.05) is 18.6 Å². The number of aryl methyl sites for hydroxylation is 1. The van der Waals surface area contributed by atoms with Crippen LogP contribution in [-0.4, -0.2) is 28.4 Å². The SMILES string of the molecule is O=C(COC(=O)CCc1ncc(-c2c(F)cccc2F)o1)Nc1cc([N+](=O)[O-])ccc1F. The molecule has 0 atom stereocenters. The van der Waals surface area contributed by atoms with E-state index in [1.165, 1.54) is 6.07 Å². The van der Waals surface area contributed by atoms with Crippen LogP contribution in [0.1, 0.15) is 12.3 Å². The van der Waals surface area contributed by atoms with Gasteiger partial charge in [-0.05, 0) is 18.2 Å². The summed E-state index contributed by atoms with van der Waals surface area (Å²) in [5.41, 5.74) is -1.26. The Bertz CT molecular complexity index is 1160. The van der Waals surface area contributed by atoms with Crippen molar-refractivity contribution in [3.05, 3.63) is 76.1 Å². The first-order valence-electron chi connectivity index (χ1n) is 9.03.